The molecule has 0 aromatic heterocycles. The molecule has 0 heterocycles. The van der Waals surface area contributed by atoms with Crippen LogP contribution in [0.15, 0.2) is 0 Å². The fourth-order valence-electron chi connectivity index (χ4n) is 7.70. The van der Waals surface area contributed by atoms with Gasteiger partial charge in [-0.05, 0) is 51.4 Å². The maximum Gasteiger partial charge on any atom is 0.0786 e. The van der Waals surface area contributed by atoms with Crippen molar-refractivity contribution in [2.24, 2.45) is 0 Å². The van der Waals surface area contributed by atoms with Crippen LogP contribution in [0.5, 0.6) is 0 Å². The van der Waals surface area contributed by atoms with E-state index >= 15 is 0 Å². The zero-order valence-corrected chi connectivity index (χ0v) is 35.3. The number of rotatable bonds is 40. The number of unbranched alkanes of at least 4 members (excludes halogenated alkanes) is 32. The Kier molecular flexibility index (Phi) is 44.4. The van der Waals surface area contributed by atoms with Gasteiger partial charge in [0.1, 0.15) is 0 Å². The third-order valence-corrected chi connectivity index (χ3v) is 10.9. The molecule has 0 saturated carbocycles. The van der Waals surface area contributed by atoms with Gasteiger partial charge < -0.3 is 28.5 Å². The summed E-state index contributed by atoms with van der Waals surface area (Å²) in [5, 5.41) is 0. The summed E-state index contributed by atoms with van der Waals surface area (Å²) in [5.74, 6) is 0. The van der Waals surface area contributed by atoms with E-state index < -0.39 is 0 Å². The van der Waals surface area contributed by atoms with Gasteiger partial charge in [-0.2, -0.15) is 0 Å². The van der Waals surface area contributed by atoms with Gasteiger partial charge in [-0.15, -0.1) is 0 Å². The van der Waals surface area contributed by atoms with Gasteiger partial charge in [-0.25, -0.2) is 0 Å². The van der Waals surface area contributed by atoms with E-state index in [1.54, 1.807) is 0 Å². The highest BCUT2D eigenvalue weighted by Gasteiger charge is 2.25. The Morgan fingerprint density at radius 1 is 0.196 bits per heavy atom. The minimum atomic E-state index is 0. The second kappa shape index (κ2) is 41.9. The van der Waals surface area contributed by atoms with Crippen molar-refractivity contribution in [2.75, 3.05) is 26.2 Å². The summed E-state index contributed by atoms with van der Waals surface area (Å²) in [6, 6.07) is 0. The van der Waals surface area contributed by atoms with Crippen LogP contribution in [0.1, 0.15) is 259 Å². The van der Waals surface area contributed by atoms with Crippen LogP contribution in [0.25, 0.3) is 0 Å². The zero-order chi connectivity index (χ0) is 32.8. The Labute approximate surface area is 312 Å². The summed E-state index contributed by atoms with van der Waals surface area (Å²) in [4.78, 5) is 0. The fraction of sp³-hybridized carbons (Fsp3) is 1.00. The SMILES string of the molecule is CCCCCCCCCCC[N+](CCCCCCCCCCC)(CCCCCCCCCCC)CCCCCCCCCCC.[I-]. The van der Waals surface area contributed by atoms with E-state index in [9.17, 15) is 0 Å². The molecule has 46 heavy (non-hydrogen) atoms. The number of halogens is 1. The smallest absolute Gasteiger partial charge is 0.0786 e. The van der Waals surface area contributed by atoms with Gasteiger partial charge in [0, 0.05) is 0 Å². The highest BCUT2D eigenvalue weighted by Crippen LogP contribution is 2.21. The second-order valence-corrected chi connectivity index (χ2v) is 15.5. The minimum absolute atomic E-state index is 0. The lowest BCUT2D eigenvalue weighted by Gasteiger charge is -2.40. The van der Waals surface area contributed by atoms with Crippen molar-refractivity contribution in [3.63, 3.8) is 0 Å². The summed E-state index contributed by atoms with van der Waals surface area (Å²) >= 11 is 0. The number of hydrogen-bond donors (Lipinski definition) is 0. The van der Waals surface area contributed by atoms with Crippen molar-refractivity contribution in [3.8, 4) is 0 Å². The molecule has 0 aliphatic heterocycles. The molecule has 0 rings (SSSR count). The predicted molar refractivity (Wildman–Crippen MR) is 209 cm³/mol. The highest BCUT2D eigenvalue weighted by atomic mass is 127. The fourth-order valence-corrected chi connectivity index (χ4v) is 7.70. The molecule has 0 amide bonds. The minimum Gasteiger partial charge on any atom is -1.00 e. The Morgan fingerprint density at radius 2 is 0.326 bits per heavy atom. The third kappa shape index (κ3) is 36.0. The Bertz CT molecular complexity index is 427. The molecule has 0 fully saturated rings. The van der Waals surface area contributed by atoms with Crippen molar-refractivity contribution >= 4 is 0 Å². The van der Waals surface area contributed by atoms with Crippen LogP contribution in [0, 0.1) is 0 Å². The van der Waals surface area contributed by atoms with E-state index in [0.717, 1.165) is 0 Å². The number of hydrogen-bond acceptors (Lipinski definition) is 0. The molecule has 0 bridgehead atoms. The van der Waals surface area contributed by atoms with E-state index in [1.807, 2.05) is 0 Å². The first-order valence-electron chi connectivity index (χ1n) is 22.1. The lowest BCUT2D eigenvalue weighted by atomic mass is 10.0. The maximum atomic E-state index is 2.34. The average Bonchev–Trinajstić information content (AvgIpc) is 3.05. The molecule has 1 nitrogen and oxygen atoms in total. The van der Waals surface area contributed by atoms with E-state index in [1.165, 1.54) is 262 Å². The summed E-state index contributed by atoms with van der Waals surface area (Å²) in [6.45, 7) is 15.3. The van der Waals surface area contributed by atoms with Crippen LogP contribution in [0.2, 0.25) is 0 Å². The van der Waals surface area contributed by atoms with Crippen LogP contribution in [0.4, 0.5) is 0 Å². The normalized spacial score (nSPS) is 11.7. The molecule has 0 aliphatic rings. The van der Waals surface area contributed by atoms with Gasteiger partial charge in [-0.1, -0.05) is 207 Å². The van der Waals surface area contributed by atoms with Crippen LogP contribution in [0.3, 0.4) is 0 Å². The summed E-state index contributed by atoms with van der Waals surface area (Å²) in [6.07, 6.45) is 52.7. The van der Waals surface area contributed by atoms with Gasteiger partial charge in [0.05, 0.1) is 26.2 Å². The number of nitrogens with zero attached hydrogens (tertiary/aromatic N) is 1. The van der Waals surface area contributed by atoms with Crippen molar-refractivity contribution in [1.82, 2.24) is 0 Å². The van der Waals surface area contributed by atoms with Crippen LogP contribution in [-0.2, 0) is 0 Å². The first-order chi connectivity index (χ1) is 22.2. The van der Waals surface area contributed by atoms with Gasteiger partial charge in [0.25, 0.3) is 0 Å². The van der Waals surface area contributed by atoms with Gasteiger partial charge in [0.15, 0.2) is 0 Å². The molecule has 280 valence electrons. The summed E-state index contributed by atoms with van der Waals surface area (Å²) < 4.78 is 1.49. The molecule has 0 aliphatic carbocycles. The summed E-state index contributed by atoms with van der Waals surface area (Å²) in [5.41, 5.74) is 0. The molecule has 0 radical (unpaired) electrons. The summed E-state index contributed by atoms with van der Waals surface area (Å²) in [7, 11) is 0. The van der Waals surface area contributed by atoms with Crippen molar-refractivity contribution < 1.29 is 28.5 Å². The van der Waals surface area contributed by atoms with Crippen molar-refractivity contribution in [3.05, 3.63) is 0 Å². The molecule has 0 atom stereocenters. The van der Waals surface area contributed by atoms with Gasteiger partial charge >= 0.3 is 0 Å². The highest BCUT2D eigenvalue weighted by molar-refractivity contribution is 4.56. The van der Waals surface area contributed by atoms with Crippen LogP contribution < -0.4 is 24.0 Å². The molecule has 2 heteroatoms. The largest absolute Gasteiger partial charge is 1.00 e. The second-order valence-electron chi connectivity index (χ2n) is 15.5. The molecule has 0 saturated heterocycles. The van der Waals surface area contributed by atoms with E-state index in [2.05, 4.69) is 27.7 Å². The van der Waals surface area contributed by atoms with Gasteiger partial charge in [0.2, 0.25) is 0 Å². The van der Waals surface area contributed by atoms with Crippen LogP contribution in [-0.4, -0.2) is 30.7 Å². The first-order valence-corrected chi connectivity index (χ1v) is 22.1. The Balaban J connectivity index is 0. The lowest BCUT2D eigenvalue weighted by molar-refractivity contribution is -0.929. The van der Waals surface area contributed by atoms with Crippen LogP contribution >= 0.6 is 0 Å². The zero-order valence-electron chi connectivity index (χ0n) is 33.1. The van der Waals surface area contributed by atoms with Crippen molar-refractivity contribution in [2.45, 2.75) is 259 Å². The molecule has 0 N–H and O–H groups in total. The maximum absolute atomic E-state index is 2.34. The number of quaternary nitrogens is 1. The molecule has 0 aromatic rings. The monoisotopic (exact) mass is 762 g/mol. The average molecular weight is 762 g/mol. The van der Waals surface area contributed by atoms with E-state index in [4.69, 9.17) is 0 Å². The third-order valence-electron chi connectivity index (χ3n) is 10.9. The van der Waals surface area contributed by atoms with Gasteiger partial charge in [-0.3, -0.25) is 0 Å². The van der Waals surface area contributed by atoms with E-state index in [-0.39, 0.29) is 24.0 Å². The Hall–Kier alpha value is 0.690. The quantitative estimate of drug-likeness (QED) is 0.0331. The Morgan fingerprint density at radius 3 is 0.478 bits per heavy atom. The van der Waals surface area contributed by atoms with E-state index in [0.29, 0.717) is 0 Å². The first kappa shape index (κ1) is 48.8. The predicted octanol–water partition coefficient (Wildman–Crippen LogP) is 12.9. The molecule has 0 unspecified atom stereocenters. The topological polar surface area (TPSA) is 0 Å². The lowest BCUT2D eigenvalue weighted by Crippen LogP contribution is -3.00. The van der Waals surface area contributed by atoms with Crippen molar-refractivity contribution in [1.29, 1.82) is 0 Å². The molecular weight excluding hydrogens is 669 g/mol. The molecular formula is C44H92IN. The molecule has 0 spiro atoms. The molecule has 0 aromatic carbocycles. The standard InChI is InChI=1S/C44H92N.HI/c1-5-9-13-17-21-25-29-33-37-41-45(42-38-34-30-26-22-18-14-10-6-2,43-39-35-31-27-23-19-15-11-7-3)44-40-36-32-28-24-20-16-12-8-4;/h5-44H2,1-4H3;1H/q+1;/p-1.